The lowest BCUT2D eigenvalue weighted by Gasteiger charge is -2.36. The number of anilines is 1. The lowest BCUT2D eigenvalue weighted by molar-refractivity contribution is -0.0177. The molecule has 0 radical (unpaired) electrons. The highest BCUT2D eigenvalue weighted by molar-refractivity contribution is 5.99. The first-order chi connectivity index (χ1) is 20.1. The summed E-state index contributed by atoms with van der Waals surface area (Å²) in [5.74, 6) is 0.204. The number of hydrogen-bond acceptors (Lipinski definition) is 6. The van der Waals surface area contributed by atoms with Crippen molar-refractivity contribution in [3.05, 3.63) is 59.7 Å². The maximum absolute atomic E-state index is 14.2. The number of nitrogens with one attached hydrogen (secondary N) is 2. The van der Waals surface area contributed by atoms with Gasteiger partial charge in [0.25, 0.3) is 5.91 Å². The van der Waals surface area contributed by atoms with Gasteiger partial charge in [0.1, 0.15) is 5.75 Å². The topological polar surface area (TPSA) is 103 Å². The number of rotatable bonds is 8. The highest BCUT2D eigenvalue weighted by atomic mass is 16.5. The first kappa shape index (κ1) is 33.4. The van der Waals surface area contributed by atoms with Gasteiger partial charge in [0, 0.05) is 43.9 Å². The summed E-state index contributed by atoms with van der Waals surface area (Å²) in [6, 6.07) is 14.7. The summed E-state index contributed by atoms with van der Waals surface area (Å²) in [5, 5.41) is 15.8. The monoisotopic (exact) mass is 582 g/mol. The summed E-state index contributed by atoms with van der Waals surface area (Å²) < 4.78 is 12.7. The van der Waals surface area contributed by atoms with E-state index in [-0.39, 0.29) is 42.7 Å². The van der Waals surface area contributed by atoms with Gasteiger partial charge in [-0.2, -0.15) is 0 Å². The third-order valence-corrected chi connectivity index (χ3v) is 7.52. The van der Waals surface area contributed by atoms with Crippen LogP contribution in [0.5, 0.6) is 5.75 Å². The van der Waals surface area contributed by atoms with Crippen molar-refractivity contribution < 1.29 is 24.2 Å². The van der Waals surface area contributed by atoms with Crippen molar-refractivity contribution in [1.29, 1.82) is 0 Å². The molecule has 9 nitrogen and oxygen atoms in total. The molecule has 232 valence electrons. The van der Waals surface area contributed by atoms with E-state index in [1.165, 1.54) is 5.56 Å². The van der Waals surface area contributed by atoms with Gasteiger partial charge in [-0.3, -0.25) is 9.69 Å². The maximum Gasteiger partial charge on any atom is 0.319 e. The Kier molecular flexibility index (Phi) is 13.1. The molecule has 0 spiro atoms. The summed E-state index contributed by atoms with van der Waals surface area (Å²) in [6.07, 6.45) is 2.45. The first-order valence-corrected chi connectivity index (χ1v) is 15.2. The van der Waals surface area contributed by atoms with E-state index in [0.717, 1.165) is 25.8 Å². The van der Waals surface area contributed by atoms with E-state index in [1.807, 2.05) is 45.9 Å². The van der Waals surface area contributed by atoms with Crippen molar-refractivity contribution in [2.75, 3.05) is 38.7 Å². The number of carbonyl (C=O) groups excluding carboxylic acids is 2. The molecule has 2 aromatic carbocycles. The van der Waals surface area contributed by atoms with Crippen LogP contribution in [-0.2, 0) is 11.3 Å². The minimum Gasteiger partial charge on any atom is -0.490 e. The Bertz CT molecular complexity index is 1130. The molecular weight excluding hydrogens is 532 g/mol. The molecule has 1 heterocycles. The van der Waals surface area contributed by atoms with Gasteiger partial charge < -0.3 is 30.1 Å². The second-order valence-corrected chi connectivity index (χ2v) is 11.9. The van der Waals surface area contributed by atoms with Crippen LogP contribution in [0.4, 0.5) is 10.5 Å². The highest BCUT2D eigenvalue weighted by Crippen LogP contribution is 2.28. The Hall–Kier alpha value is -3.14. The average molecular weight is 583 g/mol. The van der Waals surface area contributed by atoms with E-state index in [0.29, 0.717) is 36.7 Å². The number of likely N-dealkylation sites (N-methyl/N-ethyl adjacent to an activating group) is 1. The van der Waals surface area contributed by atoms with Crippen molar-refractivity contribution in [2.45, 2.75) is 84.7 Å². The van der Waals surface area contributed by atoms with Crippen molar-refractivity contribution in [2.24, 2.45) is 5.92 Å². The molecule has 3 N–H and O–H groups in total. The summed E-state index contributed by atoms with van der Waals surface area (Å²) in [4.78, 5) is 30.6. The number of aliphatic hydroxyl groups is 1. The molecule has 0 saturated heterocycles. The minimum atomic E-state index is -0.429. The number of hydrogen-bond donors (Lipinski definition) is 3. The highest BCUT2D eigenvalue weighted by Gasteiger charge is 2.30. The number of ether oxygens (including phenoxy) is 2. The van der Waals surface area contributed by atoms with E-state index >= 15 is 0 Å². The number of benzene rings is 2. The standard InChI is InChI=1S/C33H50N4O5/c1-23(2)34-33(40)35-28-15-16-30-29(18-28)32(39)37(25(4)22-38)19-24(3)31(41-17-11-10-12-26(5)42-30)21-36(6)20-27-13-8-7-9-14-27/h7-9,13-16,18,23-26,31,38H,10-12,17,19-22H2,1-6H3,(H2,34,35,40)/t24-,25-,26+,31-/m0/s1. The van der Waals surface area contributed by atoms with Crippen molar-refractivity contribution in [3.63, 3.8) is 0 Å². The third kappa shape index (κ3) is 10.3. The summed E-state index contributed by atoms with van der Waals surface area (Å²) >= 11 is 0. The molecule has 0 saturated carbocycles. The maximum atomic E-state index is 14.2. The molecule has 1 aliphatic rings. The molecule has 0 aromatic heterocycles. The van der Waals surface area contributed by atoms with E-state index in [1.54, 1.807) is 23.1 Å². The van der Waals surface area contributed by atoms with Gasteiger partial charge in [-0.15, -0.1) is 0 Å². The zero-order valence-electron chi connectivity index (χ0n) is 26.1. The molecule has 1 aliphatic heterocycles. The van der Waals surface area contributed by atoms with E-state index in [2.05, 4.69) is 41.6 Å². The largest absolute Gasteiger partial charge is 0.490 e. The van der Waals surface area contributed by atoms with Gasteiger partial charge in [0.2, 0.25) is 0 Å². The second-order valence-electron chi connectivity index (χ2n) is 11.9. The first-order valence-electron chi connectivity index (χ1n) is 15.2. The van der Waals surface area contributed by atoms with Crippen molar-refractivity contribution in [1.82, 2.24) is 15.1 Å². The summed E-state index contributed by atoms with van der Waals surface area (Å²) in [5.41, 5.74) is 2.08. The fourth-order valence-electron chi connectivity index (χ4n) is 5.16. The predicted octanol–water partition coefficient (Wildman–Crippen LogP) is 5.14. The van der Waals surface area contributed by atoms with Crippen LogP contribution in [0.1, 0.15) is 69.8 Å². The second kappa shape index (κ2) is 16.5. The Morgan fingerprint density at radius 3 is 2.55 bits per heavy atom. The molecule has 3 amide bonds. The van der Waals surface area contributed by atoms with Crippen molar-refractivity contribution in [3.8, 4) is 5.75 Å². The number of aliphatic hydroxyl groups excluding tert-OH is 1. The zero-order valence-corrected chi connectivity index (χ0v) is 26.1. The Balaban J connectivity index is 1.90. The van der Waals surface area contributed by atoms with Gasteiger partial charge in [-0.25, -0.2) is 4.79 Å². The number of fused-ring (bicyclic) bond motifs is 1. The number of urea groups is 1. The van der Waals surface area contributed by atoms with Gasteiger partial charge in [-0.05, 0) is 77.8 Å². The molecular formula is C33H50N4O5. The normalized spacial score (nSPS) is 21.3. The average Bonchev–Trinajstić information content (AvgIpc) is 2.94. The predicted molar refractivity (Wildman–Crippen MR) is 167 cm³/mol. The molecule has 0 fully saturated rings. The number of carbonyl (C=O) groups is 2. The molecule has 4 atom stereocenters. The van der Waals surface area contributed by atoms with Crippen LogP contribution in [0.25, 0.3) is 0 Å². The van der Waals surface area contributed by atoms with Gasteiger partial charge in [0.15, 0.2) is 0 Å². The smallest absolute Gasteiger partial charge is 0.319 e. The van der Waals surface area contributed by atoms with E-state index in [9.17, 15) is 14.7 Å². The minimum absolute atomic E-state index is 0.00877. The lowest BCUT2D eigenvalue weighted by Crippen LogP contribution is -2.47. The molecule has 2 aromatic rings. The quantitative estimate of drug-likeness (QED) is 0.398. The van der Waals surface area contributed by atoms with Gasteiger partial charge >= 0.3 is 6.03 Å². The zero-order chi connectivity index (χ0) is 30.6. The van der Waals surface area contributed by atoms with Crippen LogP contribution in [0, 0.1) is 5.92 Å². The third-order valence-electron chi connectivity index (χ3n) is 7.52. The Morgan fingerprint density at radius 2 is 1.86 bits per heavy atom. The Labute approximate surface area is 251 Å². The SMILES string of the molecule is CC(C)NC(=O)Nc1ccc2c(c1)C(=O)N([C@@H](C)CO)C[C@H](C)[C@H](CN(C)Cc1ccccc1)OCCCC[C@@H](C)O2. The lowest BCUT2D eigenvalue weighted by atomic mass is 10.0. The number of nitrogens with zero attached hydrogens (tertiary/aromatic N) is 2. The molecule has 0 bridgehead atoms. The van der Waals surface area contributed by atoms with Crippen LogP contribution in [-0.4, -0.2) is 84.5 Å². The Morgan fingerprint density at radius 1 is 1.12 bits per heavy atom. The fourth-order valence-corrected chi connectivity index (χ4v) is 5.16. The van der Waals surface area contributed by atoms with Crippen LogP contribution >= 0.6 is 0 Å². The number of amides is 3. The molecule has 0 unspecified atom stereocenters. The summed E-state index contributed by atoms with van der Waals surface area (Å²) in [6.45, 7) is 12.1. The van der Waals surface area contributed by atoms with Crippen molar-refractivity contribution >= 4 is 17.6 Å². The van der Waals surface area contributed by atoms with Crippen LogP contribution < -0.4 is 15.4 Å². The molecule has 9 heteroatoms. The van der Waals surface area contributed by atoms with Gasteiger partial charge in [0.05, 0.1) is 30.4 Å². The van der Waals surface area contributed by atoms with Crippen LogP contribution in [0.3, 0.4) is 0 Å². The molecule has 3 rings (SSSR count). The van der Waals surface area contributed by atoms with E-state index in [4.69, 9.17) is 9.47 Å². The van der Waals surface area contributed by atoms with E-state index < -0.39 is 6.04 Å². The fraction of sp³-hybridized carbons (Fsp3) is 0.576. The van der Waals surface area contributed by atoms with Crippen LogP contribution in [0.15, 0.2) is 48.5 Å². The molecule has 0 aliphatic carbocycles. The van der Waals surface area contributed by atoms with Gasteiger partial charge in [-0.1, -0.05) is 37.3 Å². The summed E-state index contributed by atoms with van der Waals surface area (Å²) in [7, 11) is 2.09. The molecule has 42 heavy (non-hydrogen) atoms. The van der Waals surface area contributed by atoms with Crippen LogP contribution in [0.2, 0.25) is 0 Å².